The summed E-state index contributed by atoms with van der Waals surface area (Å²) in [5.74, 6) is 1.46. The Morgan fingerprint density at radius 2 is 1.73 bits per heavy atom. The molecule has 0 N–H and O–H groups in total. The molecular weight excluding hydrogens is 368 g/mol. The zero-order chi connectivity index (χ0) is 17.8. The molecule has 0 aliphatic carbocycles. The summed E-state index contributed by atoms with van der Waals surface area (Å²) < 4.78 is 10.8. The normalized spacial score (nSPS) is 10.9. The number of thiophene rings is 1. The minimum absolute atomic E-state index is 0.0131. The zero-order valence-electron chi connectivity index (χ0n) is 13.8. The summed E-state index contributed by atoms with van der Waals surface area (Å²) in [5.41, 5.74) is 0.785. The van der Waals surface area contributed by atoms with E-state index in [1.165, 1.54) is 0 Å². The molecule has 0 unspecified atom stereocenters. The highest BCUT2D eigenvalue weighted by atomic mass is 32.1. The van der Waals surface area contributed by atoms with Gasteiger partial charge in [-0.1, -0.05) is 6.07 Å². The van der Waals surface area contributed by atoms with Crippen molar-refractivity contribution in [2.45, 2.75) is 19.5 Å². The van der Waals surface area contributed by atoms with Gasteiger partial charge in [-0.2, -0.15) is 0 Å². The predicted octanol–water partition coefficient (Wildman–Crippen LogP) is 4.83. The number of carbonyl (C=O) groups is 1. The van der Waals surface area contributed by atoms with E-state index in [0.29, 0.717) is 13.1 Å². The third-order valence-corrected chi connectivity index (χ3v) is 5.75. The number of nitrogens with zero attached hydrogens (tertiary/aromatic N) is 2. The number of amides is 1. The fourth-order valence-corrected chi connectivity index (χ4v) is 4.22. The molecule has 7 heteroatoms. The van der Waals surface area contributed by atoms with Crippen molar-refractivity contribution in [3.8, 4) is 9.88 Å². The van der Waals surface area contributed by atoms with Crippen molar-refractivity contribution in [3.63, 3.8) is 0 Å². The minimum Gasteiger partial charge on any atom is -0.467 e. The molecule has 0 atom stereocenters. The van der Waals surface area contributed by atoms with Crippen LogP contribution < -0.4 is 0 Å². The number of thiazole rings is 1. The first-order chi connectivity index (χ1) is 12.8. The molecule has 0 aliphatic rings. The maximum absolute atomic E-state index is 12.9. The average molecular weight is 384 g/mol. The summed E-state index contributed by atoms with van der Waals surface area (Å²) in [6.45, 7) is 0.795. The largest absolute Gasteiger partial charge is 0.467 e. The summed E-state index contributed by atoms with van der Waals surface area (Å²) in [6.07, 6.45) is 3.47. The van der Waals surface area contributed by atoms with E-state index in [1.807, 2.05) is 47.2 Å². The smallest absolute Gasteiger partial charge is 0.229 e. The average Bonchev–Trinajstić information content (AvgIpc) is 3.41. The van der Waals surface area contributed by atoms with Crippen LogP contribution in [-0.4, -0.2) is 15.8 Å². The standard InChI is InChI=1S/C19H16N2O3S2/c22-18(10-14-13-26-19(20-14)17-6-3-9-25-17)21(11-15-4-1-7-23-15)12-16-5-2-8-24-16/h1-9,13H,10-12H2. The van der Waals surface area contributed by atoms with E-state index < -0.39 is 0 Å². The van der Waals surface area contributed by atoms with E-state index in [9.17, 15) is 4.79 Å². The van der Waals surface area contributed by atoms with Crippen LogP contribution in [-0.2, 0) is 24.3 Å². The summed E-state index contributed by atoms with van der Waals surface area (Å²) >= 11 is 3.21. The molecule has 4 aromatic rings. The van der Waals surface area contributed by atoms with Crippen molar-refractivity contribution in [3.05, 3.63) is 76.9 Å². The lowest BCUT2D eigenvalue weighted by atomic mass is 10.2. The van der Waals surface area contributed by atoms with E-state index in [-0.39, 0.29) is 12.3 Å². The molecule has 5 nitrogen and oxygen atoms in total. The maximum atomic E-state index is 12.9. The van der Waals surface area contributed by atoms with E-state index >= 15 is 0 Å². The van der Waals surface area contributed by atoms with Crippen LogP contribution in [0.25, 0.3) is 9.88 Å². The monoisotopic (exact) mass is 384 g/mol. The second-order valence-corrected chi connectivity index (χ2v) is 7.51. The Kier molecular flexibility index (Phi) is 4.99. The molecule has 0 aromatic carbocycles. The first kappa shape index (κ1) is 16.8. The van der Waals surface area contributed by atoms with Crippen LogP contribution in [0, 0.1) is 0 Å². The maximum Gasteiger partial charge on any atom is 0.229 e. The van der Waals surface area contributed by atoms with Crippen molar-refractivity contribution < 1.29 is 13.6 Å². The van der Waals surface area contributed by atoms with Crippen molar-refractivity contribution in [1.82, 2.24) is 9.88 Å². The van der Waals surface area contributed by atoms with Crippen LogP contribution in [0.15, 0.2) is 68.5 Å². The zero-order valence-corrected chi connectivity index (χ0v) is 15.5. The highest BCUT2D eigenvalue weighted by Crippen LogP contribution is 2.28. The first-order valence-corrected chi connectivity index (χ1v) is 9.84. The van der Waals surface area contributed by atoms with Crippen LogP contribution in [0.4, 0.5) is 0 Å². The molecule has 0 spiro atoms. The summed E-state index contributed by atoms with van der Waals surface area (Å²) in [7, 11) is 0. The van der Waals surface area contributed by atoms with Gasteiger partial charge in [0.2, 0.25) is 5.91 Å². The van der Waals surface area contributed by atoms with Gasteiger partial charge in [0.05, 0.1) is 42.6 Å². The van der Waals surface area contributed by atoms with Gasteiger partial charge in [0.25, 0.3) is 0 Å². The Morgan fingerprint density at radius 1 is 1.00 bits per heavy atom. The van der Waals surface area contributed by atoms with Gasteiger partial charge < -0.3 is 13.7 Å². The molecule has 0 aliphatic heterocycles. The molecule has 1 amide bonds. The lowest BCUT2D eigenvalue weighted by Gasteiger charge is -2.20. The predicted molar refractivity (Wildman–Crippen MR) is 101 cm³/mol. The van der Waals surface area contributed by atoms with Gasteiger partial charge in [0.1, 0.15) is 16.5 Å². The fourth-order valence-electron chi connectivity index (χ4n) is 2.58. The van der Waals surface area contributed by atoms with E-state index in [4.69, 9.17) is 8.83 Å². The number of hydrogen-bond acceptors (Lipinski definition) is 6. The highest BCUT2D eigenvalue weighted by molar-refractivity contribution is 7.20. The quantitative estimate of drug-likeness (QED) is 0.458. The molecule has 0 bridgehead atoms. The number of aromatic nitrogens is 1. The molecule has 4 aromatic heterocycles. The summed E-state index contributed by atoms with van der Waals surface area (Å²) in [6, 6.07) is 11.4. The molecule has 0 radical (unpaired) electrons. The van der Waals surface area contributed by atoms with E-state index in [0.717, 1.165) is 27.1 Å². The van der Waals surface area contributed by atoms with Gasteiger partial charge in [0.15, 0.2) is 0 Å². The van der Waals surface area contributed by atoms with Gasteiger partial charge in [-0.15, -0.1) is 22.7 Å². The van der Waals surface area contributed by atoms with Crippen LogP contribution in [0.3, 0.4) is 0 Å². The molecule has 4 heterocycles. The Morgan fingerprint density at radius 3 is 2.31 bits per heavy atom. The molecule has 132 valence electrons. The molecular formula is C19H16N2O3S2. The highest BCUT2D eigenvalue weighted by Gasteiger charge is 2.19. The Balaban J connectivity index is 1.48. The second-order valence-electron chi connectivity index (χ2n) is 5.71. The number of furan rings is 2. The van der Waals surface area contributed by atoms with Crippen molar-refractivity contribution in [2.24, 2.45) is 0 Å². The molecule has 26 heavy (non-hydrogen) atoms. The van der Waals surface area contributed by atoms with Crippen LogP contribution in [0.2, 0.25) is 0 Å². The summed E-state index contributed by atoms with van der Waals surface area (Å²) in [4.78, 5) is 20.3. The molecule has 0 saturated carbocycles. The lowest BCUT2D eigenvalue weighted by molar-refractivity contribution is -0.132. The Bertz CT molecular complexity index is 905. The molecule has 0 fully saturated rings. The van der Waals surface area contributed by atoms with Crippen molar-refractivity contribution >= 4 is 28.6 Å². The number of carbonyl (C=O) groups excluding carboxylic acids is 1. The lowest BCUT2D eigenvalue weighted by Crippen LogP contribution is -2.31. The first-order valence-electron chi connectivity index (χ1n) is 8.09. The van der Waals surface area contributed by atoms with Crippen molar-refractivity contribution in [1.29, 1.82) is 0 Å². The van der Waals surface area contributed by atoms with Gasteiger partial charge in [0, 0.05) is 5.38 Å². The fraction of sp³-hybridized carbons (Fsp3) is 0.158. The SMILES string of the molecule is O=C(Cc1csc(-c2cccs2)n1)N(Cc1ccco1)Cc1ccco1. The van der Waals surface area contributed by atoms with E-state index in [2.05, 4.69) is 4.98 Å². The van der Waals surface area contributed by atoms with E-state index in [1.54, 1.807) is 40.1 Å². The minimum atomic E-state index is -0.0131. The third-order valence-electron chi connectivity index (χ3n) is 3.82. The van der Waals surface area contributed by atoms with Gasteiger partial charge in [-0.3, -0.25) is 4.79 Å². The number of hydrogen-bond donors (Lipinski definition) is 0. The Hall–Kier alpha value is -2.64. The second kappa shape index (κ2) is 7.72. The van der Waals surface area contributed by atoms with Gasteiger partial charge in [-0.25, -0.2) is 4.98 Å². The van der Waals surface area contributed by atoms with Gasteiger partial charge in [-0.05, 0) is 35.7 Å². The molecule has 4 rings (SSSR count). The topological polar surface area (TPSA) is 59.5 Å². The van der Waals surface area contributed by atoms with Crippen LogP contribution >= 0.6 is 22.7 Å². The van der Waals surface area contributed by atoms with Gasteiger partial charge >= 0.3 is 0 Å². The number of rotatable bonds is 7. The van der Waals surface area contributed by atoms with Crippen LogP contribution in [0.5, 0.6) is 0 Å². The van der Waals surface area contributed by atoms with Crippen LogP contribution in [0.1, 0.15) is 17.2 Å². The Labute approximate surface area is 158 Å². The summed E-state index contributed by atoms with van der Waals surface area (Å²) in [5, 5.41) is 4.92. The third kappa shape index (κ3) is 3.95. The molecule has 0 saturated heterocycles. The van der Waals surface area contributed by atoms with Crippen molar-refractivity contribution in [2.75, 3.05) is 0 Å².